The van der Waals surface area contributed by atoms with Crippen LogP contribution in [0.4, 0.5) is 0 Å². The molecule has 5 N–H and O–H groups in total. The van der Waals surface area contributed by atoms with E-state index in [2.05, 4.69) is 57.3 Å². The fourth-order valence-electron chi connectivity index (χ4n) is 3.50. The van der Waals surface area contributed by atoms with E-state index in [0.717, 1.165) is 18.7 Å². The van der Waals surface area contributed by atoms with Gasteiger partial charge in [-0.15, -0.1) is 10.6 Å². The van der Waals surface area contributed by atoms with E-state index in [4.69, 9.17) is 0 Å². The van der Waals surface area contributed by atoms with Gasteiger partial charge in [-0.2, -0.15) is 0 Å². The number of carboxylic acid groups (broad SMARTS) is 1. The summed E-state index contributed by atoms with van der Waals surface area (Å²) in [6.07, 6.45) is 2.81. The van der Waals surface area contributed by atoms with E-state index in [1.165, 1.54) is 11.1 Å². The van der Waals surface area contributed by atoms with Crippen LogP contribution in [0.15, 0.2) is 35.4 Å². The Balaban J connectivity index is 1.81. The molecule has 134 valence electrons. The molecular weight excluding hydrogens is 318 g/mol. The summed E-state index contributed by atoms with van der Waals surface area (Å²) in [6, 6.07) is 8.38. The number of hydrazine groups is 2. The first kappa shape index (κ1) is 17.4. The highest BCUT2D eigenvalue weighted by Gasteiger charge is 2.35. The average molecular weight is 343 g/mol. The van der Waals surface area contributed by atoms with Gasteiger partial charge in [-0.3, -0.25) is 10.2 Å². The third-order valence-electron chi connectivity index (χ3n) is 4.80. The molecule has 2 heterocycles. The monoisotopic (exact) mass is 343 g/mol. The summed E-state index contributed by atoms with van der Waals surface area (Å²) in [5.41, 5.74) is 11.9. The van der Waals surface area contributed by atoms with Gasteiger partial charge in [-0.05, 0) is 29.0 Å². The topological polar surface area (TPSA) is 97.8 Å². The first-order chi connectivity index (χ1) is 12.1. The number of nitrogens with zero attached hydrogens (tertiary/aromatic N) is 1. The van der Waals surface area contributed by atoms with Crippen LogP contribution in [0.3, 0.4) is 0 Å². The second-order valence-corrected chi connectivity index (χ2v) is 6.83. The highest BCUT2D eigenvalue weighted by molar-refractivity contribution is 5.89. The first-order valence-corrected chi connectivity index (χ1v) is 8.61. The fourth-order valence-corrected chi connectivity index (χ4v) is 3.50. The number of nitrogens with one attached hydrogen (secondary N) is 4. The lowest BCUT2D eigenvalue weighted by molar-refractivity contribution is -0.144. The van der Waals surface area contributed by atoms with Crippen LogP contribution in [0, 0.1) is 17.8 Å². The summed E-state index contributed by atoms with van der Waals surface area (Å²) in [6.45, 7) is 5.68. The molecule has 2 aliphatic rings. The van der Waals surface area contributed by atoms with Crippen LogP contribution in [0.1, 0.15) is 25.0 Å². The molecule has 25 heavy (non-hydrogen) atoms. The Morgan fingerprint density at radius 2 is 2.04 bits per heavy atom. The molecule has 0 aromatic heterocycles. The molecule has 7 nitrogen and oxygen atoms in total. The summed E-state index contributed by atoms with van der Waals surface area (Å²) in [4.78, 5) is 11.8. The van der Waals surface area contributed by atoms with Crippen molar-refractivity contribution in [3.63, 3.8) is 0 Å². The predicted molar refractivity (Wildman–Crippen MR) is 97.3 cm³/mol. The molecule has 0 saturated heterocycles. The van der Waals surface area contributed by atoms with Crippen LogP contribution >= 0.6 is 0 Å². The third kappa shape index (κ3) is 4.00. The lowest BCUT2D eigenvalue weighted by Gasteiger charge is -2.26. The normalized spacial score (nSPS) is 19.0. The quantitative estimate of drug-likeness (QED) is 0.509. The molecule has 0 saturated carbocycles. The van der Waals surface area contributed by atoms with Crippen molar-refractivity contribution >= 4 is 17.4 Å². The Morgan fingerprint density at radius 3 is 2.56 bits per heavy atom. The second-order valence-electron chi connectivity index (χ2n) is 6.83. The number of aliphatic carboxylic acids is 1. The summed E-state index contributed by atoms with van der Waals surface area (Å²) in [5.74, 6) is -0.919. The van der Waals surface area contributed by atoms with Crippen LogP contribution in [0.2, 0.25) is 0 Å². The number of hydrogen-bond donors (Lipinski definition) is 5. The number of carbonyl (C=O) groups is 1. The Morgan fingerprint density at radius 1 is 1.28 bits per heavy atom. The Labute approximate surface area is 147 Å². The van der Waals surface area contributed by atoms with E-state index in [1.807, 2.05) is 13.8 Å². The molecule has 0 bridgehead atoms. The number of benzene rings is 1. The molecule has 1 aromatic rings. The van der Waals surface area contributed by atoms with Gasteiger partial charge in [-0.25, -0.2) is 5.53 Å². The number of amidine groups is 1. The standard InChI is InChI=1S/C18H25N5O2/c1-11(2)16(18(24)25)15(17-20-22-23-21-17)9-12-3-5-13(6-4-12)14-7-8-19-10-14/h3-7,11,15-16,19,22-23H,8-10H2,1-2H3,(H,20,21)(H,24,25). The van der Waals surface area contributed by atoms with Crippen molar-refractivity contribution in [3.05, 3.63) is 41.5 Å². The van der Waals surface area contributed by atoms with Crippen molar-refractivity contribution in [3.8, 4) is 0 Å². The summed E-state index contributed by atoms with van der Waals surface area (Å²) in [5, 5.41) is 17.2. The maximum absolute atomic E-state index is 11.8. The second kappa shape index (κ2) is 7.67. The van der Waals surface area contributed by atoms with E-state index in [9.17, 15) is 9.90 Å². The SMILES string of the molecule is CC(C)C(C(=O)O)C(Cc1ccc(C2=CCNC2)cc1)C1=NNNN1. The number of carboxylic acids is 1. The van der Waals surface area contributed by atoms with Crippen LogP contribution in [0.5, 0.6) is 0 Å². The lowest BCUT2D eigenvalue weighted by Crippen LogP contribution is -2.43. The fraction of sp³-hybridized carbons (Fsp3) is 0.444. The largest absolute Gasteiger partial charge is 0.481 e. The maximum atomic E-state index is 11.8. The van der Waals surface area contributed by atoms with Crippen LogP contribution < -0.4 is 21.8 Å². The molecule has 0 aliphatic carbocycles. The van der Waals surface area contributed by atoms with Crippen molar-refractivity contribution < 1.29 is 9.90 Å². The Hall–Kier alpha value is -2.38. The summed E-state index contributed by atoms with van der Waals surface area (Å²) in [7, 11) is 0. The summed E-state index contributed by atoms with van der Waals surface area (Å²) >= 11 is 0. The number of hydrazone groups is 1. The highest BCUT2D eigenvalue weighted by atomic mass is 16.4. The van der Waals surface area contributed by atoms with Crippen molar-refractivity contribution in [2.75, 3.05) is 13.1 Å². The number of hydrogen-bond acceptors (Lipinski definition) is 6. The van der Waals surface area contributed by atoms with Crippen molar-refractivity contribution in [1.29, 1.82) is 0 Å². The van der Waals surface area contributed by atoms with Crippen LogP contribution in [0.25, 0.3) is 5.57 Å². The first-order valence-electron chi connectivity index (χ1n) is 8.61. The van der Waals surface area contributed by atoms with Gasteiger partial charge in [0.1, 0.15) is 5.84 Å². The average Bonchev–Trinajstić information content (AvgIpc) is 3.28. The number of rotatable bonds is 7. The van der Waals surface area contributed by atoms with E-state index in [1.54, 1.807) is 0 Å². The minimum atomic E-state index is -0.796. The molecule has 1 aromatic carbocycles. The predicted octanol–water partition coefficient (Wildman–Crippen LogP) is 1.11. The van der Waals surface area contributed by atoms with Gasteiger partial charge >= 0.3 is 5.97 Å². The molecule has 2 aliphatic heterocycles. The molecule has 0 amide bonds. The van der Waals surface area contributed by atoms with Crippen molar-refractivity contribution in [1.82, 2.24) is 21.8 Å². The maximum Gasteiger partial charge on any atom is 0.307 e. The van der Waals surface area contributed by atoms with E-state index < -0.39 is 11.9 Å². The van der Waals surface area contributed by atoms with E-state index in [-0.39, 0.29) is 11.8 Å². The minimum Gasteiger partial charge on any atom is -0.481 e. The van der Waals surface area contributed by atoms with Crippen molar-refractivity contribution in [2.45, 2.75) is 20.3 Å². The van der Waals surface area contributed by atoms with E-state index in [0.29, 0.717) is 12.3 Å². The van der Waals surface area contributed by atoms with Gasteiger partial charge in [0.15, 0.2) is 0 Å². The lowest BCUT2D eigenvalue weighted by atomic mass is 9.79. The van der Waals surface area contributed by atoms with Gasteiger partial charge in [0, 0.05) is 19.0 Å². The summed E-state index contributed by atoms with van der Waals surface area (Å²) < 4.78 is 0. The zero-order chi connectivity index (χ0) is 17.8. The molecule has 2 atom stereocenters. The third-order valence-corrected chi connectivity index (χ3v) is 4.80. The smallest absolute Gasteiger partial charge is 0.307 e. The van der Waals surface area contributed by atoms with Gasteiger partial charge in [-0.1, -0.05) is 44.2 Å². The van der Waals surface area contributed by atoms with Crippen molar-refractivity contribution in [2.24, 2.45) is 22.9 Å². The molecule has 0 fully saturated rings. The zero-order valence-corrected chi connectivity index (χ0v) is 14.5. The van der Waals surface area contributed by atoms with Gasteiger partial charge in [0.2, 0.25) is 0 Å². The highest BCUT2D eigenvalue weighted by Crippen LogP contribution is 2.27. The molecular formula is C18H25N5O2. The van der Waals surface area contributed by atoms with Gasteiger partial charge in [0.05, 0.1) is 5.92 Å². The molecule has 0 spiro atoms. The molecule has 7 heteroatoms. The Bertz CT molecular complexity index is 681. The van der Waals surface area contributed by atoms with Crippen LogP contribution in [-0.4, -0.2) is 30.0 Å². The van der Waals surface area contributed by atoms with Gasteiger partial charge < -0.3 is 10.4 Å². The minimum absolute atomic E-state index is 0.00147. The Kier molecular flexibility index (Phi) is 5.35. The molecule has 2 unspecified atom stereocenters. The van der Waals surface area contributed by atoms with Gasteiger partial charge in [0.25, 0.3) is 0 Å². The molecule has 0 radical (unpaired) electrons. The van der Waals surface area contributed by atoms with E-state index >= 15 is 0 Å². The van der Waals surface area contributed by atoms with Crippen LogP contribution in [-0.2, 0) is 11.2 Å². The molecule has 3 rings (SSSR count). The zero-order valence-electron chi connectivity index (χ0n) is 14.5.